The van der Waals surface area contributed by atoms with Crippen molar-refractivity contribution in [1.82, 2.24) is 20.4 Å². The third-order valence-corrected chi connectivity index (χ3v) is 7.33. The SMILES string of the molecule is CN[C@@H](C)C(=O)N[C@H](C(=O)N1CCC[C@H]1CN1CCC2=CC=CCC2[C@@H](N)C1=O)C(C)(C)C. The molecule has 33 heavy (non-hydrogen) atoms. The first-order chi connectivity index (χ1) is 15.5. The van der Waals surface area contributed by atoms with Gasteiger partial charge < -0.3 is 26.2 Å². The van der Waals surface area contributed by atoms with Crippen LogP contribution in [0.2, 0.25) is 0 Å². The molecule has 2 aliphatic heterocycles. The Bertz CT molecular complexity index is 815. The van der Waals surface area contributed by atoms with Crippen molar-refractivity contribution in [3.8, 4) is 0 Å². The molecule has 0 bridgehead atoms. The lowest BCUT2D eigenvalue weighted by atomic mass is 9.85. The molecule has 0 saturated carbocycles. The number of hydrogen-bond donors (Lipinski definition) is 3. The molecular formula is C25H41N5O3. The van der Waals surface area contributed by atoms with Gasteiger partial charge in [-0.3, -0.25) is 14.4 Å². The molecule has 184 valence electrons. The second-order valence-corrected chi connectivity index (χ2v) is 10.7. The average Bonchev–Trinajstić information content (AvgIpc) is 3.21. The first kappa shape index (κ1) is 25.4. The van der Waals surface area contributed by atoms with Crippen LogP contribution in [0, 0.1) is 11.3 Å². The maximum Gasteiger partial charge on any atom is 0.246 e. The van der Waals surface area contributed by atoms with E-state index in [1.54, 1.807) is 14.0 Å². The topological polar surface area (TPSA) is 108 Å². The molecule has 3 rings (SSSR count). The fourth-order valence-electron chi connectivity index (χ4n) is 5.06. The molecule has 2 saturated heterocycles. The van der Waals surface area contributed by atoms with E-state index in [1.807, 2.05) is 36.6 Å². The highest BCUT2D eigenvalue weighted by Crippen LogP contribution is 2.31. The lowest BCUT2D eigenvalue weighted by Gasteiger charge is -2.37. The van der Waals surface area contributed by atoms with E-state index < -0.39 is 17.5 Å². The van der Waals surface area contributed by atoms with Gasteiger partial charge in [-0.25, -0.2) is 0 Å². The van der Waals surface area contributed by atoms with Crippen LogP contribution in [0.15, 0.2) is 23.8 Å². The van der Waals surface area contributed by atoms with Crippen LogP contribution in [0.1, 0.15) is 53.4 Å². The Balaban J connectivity index is 1.73. The molecule has 4 N–H and O–H groups in total. The number of likely N-dealkylation sites (N-methyl/N-ethyl adjacent to an activating group) is 1. The van der Waals surface area contributed by atoms with Gasteiger partial charge in [-0.15, -0.1) is 0 Å². The molecule has 8 heteroatoms. The predicted octanol–water partition coefficient (Wildman–Crippen LogP) is 1.18. The summed E-state index contributed by atoms with van der Waals surface area (Å²) in [5.41, 5.74) is 7.20. The van der Waals surface area contributed by atoms with E-state index in [-0.39, 0.29) is 35.7 Å². The fourth-order valence-corrected chi connectivity index (χ4v) is 5.06. The molecule has 0 spiro atoms. The number of carbonyl (C=O) groups is 3. The van der Waals surface area contributed by atoms with Gasteiger partial charge in [0.15, 0.2) is 0 Å². The maximum atomic E-state index is 13.7. The van der Waals surface area contributed by atoms with Gasteiger partial charge in [0.2, 0.25) is 17.7 Å². The van der Waals surface area contributed by atoms with Crippen molar-refractivity contribution < 1.29 is 14.4 Å². The number of nitrogens with one attached hydrogen (secondary N) is 2. The van der Waals surface area contributed by atoms with Gasteiger partial charge in [0, 0.05) is 31.6 Å². The first-order valence-corrected chi connectivity index (χ1v) is 12.2. The molecule has 0 radical (unpaired) electrons. The Hall–Kier alpha value is -2.19. The molecule has 0 aromatic rings. The number of fused-ring (bicyclic) bond motifs is 1. The molecule has 0 aromatic carbocycles. The number of likely N-dealkylation sites (tertiary alicyclic amines) is 2. The van der Waals surface area contributed by atoms with E-state index in [1.165, 1.54) is 5.57 Å². The Labute approximate surface area is 198 Å². The van der Waals surface area contributed by atoms with Crippen molar-refractivity contribution >= 4 is 17.7 Å². The molecule has 3 aliphatic rings. The summed E-state index contributed by atoms with van der Waals surface area (Å²) in [5.74, 6) is -0.224. The number of amides is 3. The highest BCUT2D eigenvalue weighted by molar-refractivity contribution is 5.90. The number of carbonyl (C=O) groups excluding carboxylic acids is 3. The van der Waals surface area contributed by atoms with Crippen LogP contribution in [0.4, 0.5) is 0 Å². The average molecular weight is 460 g/mol. The Morgan fingerprint density at radius 3 is 2.67 bits per heavy atom. The summed E-state index contributed by atoms with van der Waals surface area (Å²) in [6.45, 7) is 9.42. The lowest BCUT2D eigenvalue weighted by Crippen LogP contribution is -2.59. The van der Waals surface area contributed by atoms with Gasteiger partial charge in [0.25, 0.3) is 0 Å². The largest absolute Gasteiger partial charge is 0.342 e. The van der Waals surface area contributed by atoms with Crippen LogP contribution in [0.5, 0.6) is 0 Å². The van der Waals surface area contributed by atoms with E-state index in [9.17, 15) is 14.4 Å². The molecule has 8 nitrogen and oxygen atoms in total. The van der Waals surface area contributed by atoms with Gasteiger partial charge in [0.1, 0.15) is 6.04 Å². The molecule has 5 atom stereocenters. The zero-order valence-electron chi connectivity index (χ0n) is 20.8. The summed E-state index contributed by atoms with van der Waals surface area (Å²) < 4.78 is 0. The Kier molecular flexibility index (Phi) is 8.00. The summed E-state index contributed by atoms with van der Waals surface area (Å²) in [7, 11) is 1.72. The zero-order valence-corrected chi connectivity index (χ0v) is 20.8. The molecular weight excluding hydrogens is 418 g/mol. The molecule has 1 aliphatic carbocycles. The minimum absolute atomic E-state index is 0.0264. The lowest BCUT2D eigenvalue weighted by molar-refractivity contribution is -0.142. The second-order valence-electron chi connectivity index (χ2n) is 10.7. The maximum absolute atomic E-state index is 13.7. The molecule has 3 amide bonds. The Morgan fingerprint density at radius 2 is 2.00 bits per heavy atom. The van der Waals surface area contributed by atoms with Crippen molar-refractivity contribution in [3.05, 3.63) is 23.8 Å². The van der Waals surface area contributed by atoms with Gasteiger partial charge >= 0.3 is 0 Å². The zero-order chi connectivity index (χ0) is 24.3. The van der Waals surface area contributed by atoms with Crippen molar-refractivity contribution in [2.75, 3.05) is 26.7 Å². The predicted molar refractivity (Wildman–Crippen MR) is 129 cm³/mol. The van der Waals surface area contributed by atoms with Crippen LogP contribution in [0.25, 0.3) is 0 Å². The normalized spacial score (nSPS) is 27.5. The summed E-state index contributed by atoms with van der Waals surface area (Å²) in [4.78, 5) is 43.1. The van der Waals surface area contributed by atoms with E-state index in [0.29, 0.717) is 19.6 Å². The first-order valence-electron chi connectivity index (χ1n) is 12.2. The van der Waals surface area contributed by atoms with Crippen molar-refractivity contribution in [2.45, 2.75) is 77.5 Å². The minimum Gasteiger partial charge on any atom is -0.342 e. The molecule has 2 fully saturated rings. The monoisotopic (exact) mass is 459 g/mol. The van der Waals surface area contributed by atoms with Crippen molar-refractivity contribution in [2.24, 2.45) is 17.1 Å². The summed E-state index contributed by atoms with van der Waals surface area (Å²) in [6, 6.07) is -1.63. The third kappa shape index (κ3) is 5.66. The van der Waals surface area contributed by atoms with Gasteiger partial charge in [-0.1, -0.05) is 44.6 Å². The molecule has 1 unspecified atom stereocenters. The number of allylic oxidation sites excluding steroid dienone is 3. The van der Waals surface area contributed by atoms with Crippen LogP contribution < -0.4 is 16.4 Å². The van der Waals surface area contributed by atoms with E-state index in [2.05, 4.69) is 22.8 Å². The van der Waals surface area contributed by atoms with E-state index >= 15 is 0 Å². The van der Waals surface area contributed by atoms with Gasteiger partial charge in [0.05, 0.1) is 12.1 Å². The van der Waals surface area contributed by atoms with Crippen LogP contribution in [-0.2, 0) is 14.4 Å². The number of hydrogen-bond acceptors (Lipinski definition) is 5. The second kappa shape index (κ2) is 10.4. The smallest absolute Gasteiger partial charge is 0.246 e. The molecule has 2 heterocycles. The standard InChI is InChI=1S/C25H41N5O3/c1-16(27-5)22(31)28-21(25(2,3)4)24(33)30-13-8-10-18(30)15-29-14-12-17-9-6-7-11-19(17)20(26)23(29)32/h6-7,9,16,18-21,27H,8,10-15,26H2,1-5H3,(H,28,31)/t16-,18-,19?,20+,21+/m0/s1. The van der Waals surface area contributed by atoms with Crippen molar-refractivity contribution in [1.29, 1.82) is 0 Å². The number of nitrogens with two attached hydrogens (primary N) is 1. The van der Waals surface area contributed by atoms with E-state index in [4.69, 9.17) is 5.73 Å². The van der Waals surface area contributed by atoms with Crippen LogP contribution in [0.3, 0.4) is 0 Å². The molecule has 0 aromatic heterocycles. The fraction of sp³-hybridized carbons (Fsp3) is 0.720. The van der Waals surface area contributed by atoms with E-state index in [0.717, 1.165) is 25.7 Å². The summed E-state index contributed by atoms with van der Waals surface area (Å²) in [5, 5.41) is 5.89. The summed E-state index contributed by atoms with van der Waals surface area (Å²) in [6.07, 6.45) is 9.57. The quantitative estimate of drug-likeness (QED) is 0.553. The number of rotatable bonds is 6. The minimum atomic E-state index is -0.636. The van der Waals surface area contributed by atoms with Gasteiger partial charge in [-0.05, 0) is 45.1 Å². The summed E-state index contributed by atoms with van der Waals surface area (Å²) >= 11 is 0. The Morgan fingerprint density at radius 1 is 1.27 bits per heavy atom. The number of nitrogens with zero attached hydrogens (tertiary/aromatic N) is 2. The van der Waals surface area contributed by atoms with Gasteiger partial charge in [-0.2, -0.15) is 0 Å². The van der Waals surface area contributed by atoms with Crippen LogP contribution >= 0.6 is 0 Å². The van der Waals surface area contributed by atoms with Crippen LogP contribution in [-0.4, -0.2) is 78.4 Å². The highest BCUT2D eigenvalue weighted by Gasteiger charge is 2.42. The third-order valence-electron chi connectivity index (χ3n) is 7.33. The highest BCUT2D eigenvalue weighted by atomic mass is 16.2. The van der Waals surface area contributed by atoms with Crippen molar-refractivity contribution in [3.63, 3.8) is 0 Å².